The highest BCUT2D eigenvalue weighted by atomic mass is 16.5. The molecule has 1 atom stereocenters. The highest BCUT2D eigenvalue weighted by Crippen LogP contribution is 1.93. The maximum absolute atomic E-state index is 10.9. The Morgan fingerprint density at radius 1 is 1.46 bits per heavy atom. The van der Waals surface area contributed by atoms with Crippen molar-refractivity contribution in [3.05, 3.63) is 0 Å². The molecule has 4 nitrogen and oxygen atoms in total. The molecule has 0 aliphatic carbocycles. The number of ketones is 1. The molecule has 0 fully saturated rings. The molecule has 1 unspecified atom stereocenters. The van der Waals surface area contributed by atoms with E-state index in [1.54, 1.807) is 7.05 Å². The zero-order valence-electron chi connectivity index (χ0n) is 8.42. The number of nitrogens with one attached hydrogen (secondary N) is 1. The molecule has 0 aromatic carbocycles. The molecule has 0 amide bonds. The number of likely N-dealkylation sites (N-methyl/N-ethyl adjacent to an activating group) is 1. The second-order valence-electron chi connectivity index (χ2n) is 2.88. The molecule has 0 aromatic rings. The number of rotatable bonds is 6. The van der Waals surface area contributed by atoms with Crippen molar-refractivity contribution in [1.29, 1.82) is 0 Å². The van der Waals surface area contributed by atoms with E-state index in [2.05, 4.69) is 5.32 Å². The molecule has 0 bridgehead atoms. The van der Waals surface area contributed by atoms with Gasteiger partial charge in [0.1, 0.15) is 18.4 Å². The molecule has 0 saturated heterocycles. The highest BCUT2D eigenvalue weighted by molar-refractivity contribution is 5.82. The van der Waals surface area contributed by atoms with Gasteiger partial charge in [0.2, 0.25) is 0 Å². The second kappa shape index (κ2) is 6.60. The van der Waals surface area contributed by atoms with E-state index in [-0.39, 0.29) is 24.4 Å². The van der Waals surface area contributed by atoms with Crippen LogP contribution in [-0.2, 0) is 14.3 Å². The van der Waals surface area contributed by atoms with Crippen LogP contribution < -0.4 is 5.32 Å². The van der Waals surface area contributed by atoms with Crippen LogP contribution in [-0.4, -0.2) is 31.4 Å². The minimum absolute atomic E-state index is 0.0215. The van der Waals surface area contributed by atoms with Gasteiger partial charge in [-0.2, -0.15) is 0 Å². The van der Waals surface area contributed by atoms with E-state index in [0.717, 1.165) is 6.42 Å². The number of hydrogen-bond acceptors (Lipinski definition) is 4. The molecular weight excluding hydrogens is 170 g/mol. The van der Waals surface area contributed by atoms with Crippen LogP contribution in [0.25, 0.3) is 0 Å². The van der Waals surface area contributed by atoms with Crippen LogP contribution in [0.15, 0.2) is 0 Å². The van der Waals surface area contributed by atoms with Crippen LogP contribution in [0.5, 0.6) is 0 Å². The summed E-state index contributed by atoms with van der Waals surface area (Å²) < 4.78 is 4.87. The lowest BCUT2D eigenvalue weighted by atomic mass is 10.2. The van der Waals surface area contributed by atoms with Crippen molar-refractivity contribution < 1.29 is 14.3 Å². The summed E-state index contributed by atoms with van der Waals surface area (Å²) in [5, 5.41) is 2.77. The van der Waals surface area contributed by atoms with Crippen LogP contribution in [0.1, 0.15) is 26.7 Å². The van der Waals surface area contributed by atoms with E-state index in [0.29, 0.717) is 6.42 Å². The molecule has 76 valence electrons. The lowest BCUT2D eigenvalue weighted by molar-refractivity contribution is -0.145. The third kappa shape index (κ3) is 5.36. The van der Waals surface area contributed by atoms with E-state index in [1.165, 1.54) is 6.92 Å². The Morgan fingerprint density at radius 3 is 2.46 bits per heavy atom. The summed E-state index contributed by atoms with van der Waals surface area (Å²) in [6.07, 6.45) is 1.18. The monoisotopic (exact) mass is 187 g/mol. The summed E-state index contributed by atoms with van der Waals surface area (Å²) in [5.41, 5.74) is 0. The van der Waals surface area contributed by atoms with Gasteiger partial charge in [-0.3, -0.25) is 9.59 Å². The number of Topliss-reactive ketones (excluding diaryl/α,β-unsaturated/α-hetero) is 1. The molecule has 4 heteroatoms. The number of carbonyl (C=O) groups excluding carboxylic acids is 2. The number of ether oxygens (including phenoxy) is 1. The average Bonchev–Trinajstić information content (AvgIpc) is 2.05. The predicted molar refractivity (Wildman–Crippen MR) is 49.4 cm³/mol. The molecule has 13 heavy (non-hydrogen) atoms. The first-order valence-electron chi connectivity index (χ1n) is 4.45. The van der Waals surface area contributed by atoms with E-state index < -0.39 is 0 Å². The summed E-state index contributed by atoms with van der Waals surface area (Å²) in [6.45, 7) is 3.50. The smallest absolute Gasteiger partial charge is 0.305 e. The molecule has 0 aliphatic heterocycles. The third-order valence-electron chi connectivity index (χ3n) is 1.70. The van der Waals surface area contributed by atoms with Crippen LogP contribution in [0.3, 0.4) is 0 Å². The van der Waals surface area contributed by atoms with Gasteiger partial charge in [0.25, 0.3) is 0 Å². The minimum atomic E-state index is -0.374. The van der Waals surface area contributed by atoms with Crippen molar-refractivity contribution in [2.24, 2.45) is 0 Å². The van der Waals surface area contributed by atoms with Gasteiger partial charge in [0.05, 0.1) is 0 Å². The zero-order chi connectivity index (χ0) is 10.3. The fourth-order valence-electron chi connectivity index (χ4n) is 0.857. The molecular formula is C9H17NO3. The van der Waals surface area contributed by atoms with Crippen molar-refractivity contribution in [3.63, 3.8) is 0 Å². The van der Waals surface area contributed by atoms with E-state index in [1.807, 2.05) is 6.92 Å². The summed E-state index contributed by atoms with van der Waals surface area (Å²) >= 11 is 0. The zero-order valence-corrected chi connectivity index (χ0v) is 8.42. The summed E-state index contributed by atoms with van der Waals surface area (Å²) in [4.78, 5) is 21.8. The third-order valence-corrected chi connectivity index (χ3v) is 1.70. The molecule has 0 rings (SSSR count). The molecule has 0 aliphatic rings. The van der Waals surface area contributed by atoms with Gasteiger partial charge in [0, 0.05) is 6.42 Å². The number of hydrogen-bond donors (Lipinski definition) is 1. The first-order valence-corrected chi connectivity index (χ1v) is 4.45. The fraction of sp³-hybridized carbons (Fsp3) is 0.778. The minimum Gasteiger partial charge on any atom is -0.464 e. The summed E-state index contributed by atoms with van der Waals surface area (Å²) in [6, 6.07) is -0.374. The lowest BCUT2D eigenvalue weighted by Gasteiger charge is -2.12. The molecule has 0 spiro atoms. The van der Waals surface area contributed by atoms with Gasteiger partial charge in [0.15, 0.2) is 0 Å². The average molecular weight is 187 g/mol. The van der Waals surface area contributed by atoms with Crippen LogP contribution in [0.2, 0.25) is 0 Å². The maximum atomic E-state index is 10.9. The Labute approximate surface area is 78.6 Å². The van der Waals surface area contributed by atoms with Gasteiger partial charge in [-0.15, -0.1) is 0 Å². The van der Waals surface area contributed by atoms with Crippen molar-refractivity contribution in [3.8, 4) is 0 Å². The Bertz CT molecular complexity index is 180. The maximum Gasteiger partial charge on any atom is 0.305 e. The quantitative estimate of drug-likeness (QED) is 0.615. The predicted octanol–water partition coefficient (Wildman–Crippen LogP) is 0.507. The van der Waals surface area contributed by atoms with Crippen molar-refractivity contribution in [1.82, 2.24) is 5.32 Å². The van der Waals surface area contributed by atoms with Crippen LogP contribution in [0.4, 0.5) is 0 Å². The lowest BCUT2D eigenvalue weighted by Crippen LogP contribution is -2.37. The Kier molecular flexibility index (Phi) is 6.14. The first kappa shape index (κ1) is 12.1. The molecule has 1 N–H and O–H groups in total. The van der Waals surface area contributed by atoms with Crippen molar-refractivity contribution >= 4 is 11.8 Å². The van der Waals surface area contributed by atoms with Gasteiger partial charge < -0.3 is 10.1 Å². The summed E-state index contributed by atoms with van der Waals surface area (Å²) in [5.74, 6) is -0.268. The molecule has 0 heterocycles. The Morgan fingerprint density at radius 2 is 2.08 bits per heavy atom. The first-order chi connectivity index (χ1) is 6.11. The summed E-state index contributed by atoms with van der Waals surface area (Å²) in [7, 11) is 1.67. The molecule has 0 saturated carbocycles. The van der Waals surface area contributed by atoms with E-state index in [4.69, 9.17) is 4.74 Å². The SMILES string of the molecule is CCCC(=O)OCC(NC)C(C)=O. The topological polar surface area (TPSA) is 55.4 Å². The number of esters is 1. The standard InChI is InChI=1S/C9H17NO3/c1-4-5-9(12)13-6-8(10-3)7(2)11/h8,10H,4-6H2,1-3H3. The van der Waals surface area contributed by atoms with Gasteiger partial charge in [-0.05, 0) is 20.4 Å². The van der Waals surface area contributed by atoms with E-state index >= 15 is 0 Å². The fourth-order valence-corrected chi connectivity index (χ4v) is 0.857. The van der Waals surface area contributed by atoms with Crippen molar-refractivity contribution in [2.75, 3.05) is 13.7 Å². The largest absolute Gasteiger partial charge is 0.464 e. The normalized spacial score (nSPS) is 12.2. The molecule has 0 aromatic heterocycles. The van der Waals surface area contributed by atoms with Gasteiger partial charge >= 0.3 is 5.97 Å². The van der Waals surface area contributed by atoms with Crippen LogP contribution in [0, 0.1) is 0 Å². The Hall–Kier alpha value is -0.900. The highest BCUT2D eigenvalue weighted by Gasteiger charge is 2.13. The van der Waals surface area contributed by atoms with E-state index in [9.17, 15) is 9.59 Å². The Balaban J connectivity index is 3.72. The van der Waals surface area contributed by atoms with Gasteiger partial charge in [-0.25, -0.2) is 0 Å². The van der Waals surface area contributed by atoms with Crippen LogP contribution >= 0.6 is 0 Å². The van der Waals surface area contributed by atoms with Crippen molar-refractivity contribution in [2.45, 2.75) is 32.7 Å². The molecule has 0 radical (unpaired) electrons. The van der Waals surface area contributed by atoms with Gasteiger partial charge in [-0.1, -0.05) is 6.92 Å². The second-order valence-corrected chi connectivity index (χ2v) is 2.88. The number of carbonyl (C=O) groups is 2.